The van der Waals surface area contributed by atoms with Gasteiger partial charge < -0.3 is 15.5 Å². The zero-order valence-electron chi connectivity index (χ0n) is 18.2. The first-order chi connectivity index (χ1) is 15.7. The fourth-order valence-corrected chi connectivity index (χ4v) is 4.37. The van der Waals surface area contributed by atoms with Crippen LogP contribution >= 0.6 is 0 Å². The predicted octanol–water partition coefficient (Wildman–Crippen LogP) is 3.41. The SMILES string of the molecule is CCn1ccc(C(=O)N2CCC3(CC2)Nc2cccnc2NC3=NCc2ccccc2)n1. The number of aliphatic imine (C=N–C) groups is 1. The molecule has 0 radical (unpaired) electrons. The molecule has 1 fully saturated rings. The van der Waals surface area contributed by atoms with Crippen molar-refractivity contribution in [1.29, 1.82) is 0 Å². The van der Waals surface area contributed by atoms with Crippen molar-refractivity contribution in [2.75, 3.05) is 23.7 Å². The van der Waals surface area contributed by atoms with Crippen molar-refractivity contribution in [3.8, 4) is 0 Å². The van der Waals surface area contributed by atoms with Gasteiger partial charge in [0.15, 0.2) is 5.82 Å². The first kappa shape index (κ1) is 20.2. The highest BCUT2D eigenvalue weighted by molar-refractivity contribution is 6.08. The lowest BCUT2D eigenvalue weighted by Gasteiger charge is -2.46. The van der Waals surface area contributed by atoms with E-state index in [0.29, 0.717) is 25.3 Å². The highest BCUT2D eigenvalue weighted by Gasteiger charge is 2.44. The number of carbonyl (C=O) groups is 1. The van der Waals surface area contributed by atoms with Crippen molar-refractivity contribution in [2.45, 2.75) is 38.4 Å². The minimum Gasteiger partial charge on any atom is -0.370 e. The average molecular weight is 430 g/mol. The molecule has 32 heavy (non-hydrogen) atoms. The number of aryl methyl sites for hydroxylation is 1. The van der Waals surface area contributed by atoms with Gasteiger partial charge >= 0.3 is 0 Å². The number of pyridine rings is 1. The van der Waals surface area contributed by atoms with Crippen LogP contribution in [-0.4, -0.2) is 50.0 Å². The number of rotatable bonds is 4. The Hall–Kier alpha value is -3.68. The lowest BCUT2D eigenvalue weighted by atomic mass is 9.84. The summed E-state index contributed by atoms with van der Waals surface area (Å²) in [4.78, 5) is 24.3. The van der Waals surface area contributed by atoms with E-state index in [1.165, 1.54) is 0 Å². The van der Waals surface area contributed by atoms with E-state index in [9.17, 15) is 4.79 Å². The van der Waals surface area contributed by atoms with Gasteiger partial charge in [-0.15, -0.1) is 0 Å². The monoisotopic (exact) mass is 429 g/mol. The number of anilines is 2. The lowest BCUT2D eigenvalue weighted by Crippen LogP contribution is -2.59. The van der Waals surface area contributed by atoms with E-state index in [-0.39, 0.29) is 11.4 Å². The van der Waals surface area contributed by atoms with E-state index >= 15 is 0 Å². The standard InChI is InChI=1S/C24H27N7O/c1-2-31-14-10-20(29-31)22(32)30-15-11-24(12-16-30)23(26-17-18-7-4-3-5-8-18)27-21-19(28-24)9-6-13-25-21/h3-10,13-14,28H,2,11-12,15-17H2,1H3,(H,25,26,27). The number of benzene rings is 1. The summed E-state index contributed by atoms with van der Waals surface area (Å²) in [6.07, 6.45) is 5.13. The normalized spacial score (nSPS) is 18.2. The Labute approximate surface area is 187 Å². The number of nitrogens with one attached hydrogen (secondary N) is 2. The summed E-state index contributed by atoms with van der Waals surface area (Å²) in [6.45, 7) is 4.61. The van der Waals surface area contributed by atoms with Crippen LogP contribution in [0.5, 0.6) is 0 Å². The first-order valence-electron chi connectivity index (χ1n) is 11.1. The molecule has 0 bridgehead atoms. The van der Waals surface area contributed by atoms with Crippen molar-refractivity contribution in [3.63, 3.8) is 0 Å². The van der Waals surface area contributed by atoms with Crippen LogP contribution in [0.2, 0.25) is 0 Å². The topological polar surface area (TPSA) is 87.4 Å². The van der Waals surface area contributed by atoms with E-state index in [4.69, 9.17) is 4.99 Å². The van der Waals surface area contributed by atoms with Crippen LogP contribution in [-0.2, 0) is 13.1 Å². The molecular formula is C24H27N7O. The van der Waals surface area contributed by atoms with Crippen LogP contribution < -0.4 is 10.6 Å². The predicted molar refractivity (Wildman–Crippen MR) is 125 cm³/mol. The minimum atomic E-state index is -0.357. The number of carbonyl (C=O) groups excluding carboxylic acids is 1. The third kappa shape index (κ3) is 3.84. The van der Waals surface area contributed by atoms with Gasteiger partial charge in [-0.1, -0.05) is 30.3 Å². The van der Waals surface area contributed by atoms with Gasteiger partial charge in [-0.3, -0.25) is 14.5 Å². The minimum absolute atomic E-state index is 0.0133. The Morgan fingerprint density at radius 1 is 1.12 bits per heavy atom. The molecule has 0 atom stereocenters. The number of nitrogens with zero attached hydrogens (tertiary/aromatic N) is 5. The molecule has 3 aromatic rings. The number of amides is 1. The molecule has 2 aromatic heterocycles. The average Bonchev–Trinajstić information content (AvgIpc) is 3.33. The molecule has 1 aromatic carbocycles. The Morgan fingerprint density at radius 3 is 2.69 bits per heavy atom. The molecule has 0 saturated carbocycles. The van der Waals surface area contributed by atoms with Gasteiger partial charge in [-0.2, -0.15) is 5.10 Å². The van der Waals surface area contributed by atoms with Crippen LogP contribution in [0.1, 0.15) is 35.8 Å². The second-order valence-electron chi connectivity index (χ2n) is 8.23. The van der Waals surface area contributed by atoms with Crippen LogP contribution in [0.15, 0.2) is 65.9 Å². The third-order valence-electron chi connectivity index (χ3n) is 6.22. The second kappa shape index (κ2) is 8.45. The summed E-state index contributed by atoms with van der Waals surface area (Å²) in [5.41, 5.74) is 2.27. The Kier molecular flexibility index (Phi) is 5.34. The molecule has 2 N–H and O–H groups in total. The van der Waals surface area contributed by atoms with Crippen molar-refractivity contribution in [3.05, 3.63) is 72.2 Å². The molecule has 164 valence electrons. The summed E-state index contributed by atoms with van der Waals surface area (Å²) in [5.74, 6) is 1.66. The van der Waals surface area contributed by atoms with Gasteiger partial charge in [0.1, 0.15) is 11.5 Å². The maximum absolute atomic E-state index is 13.0. The molecule has 8 nitrogen and oxygen atoms in total. The number of aromatic nitrogens is 3. The Morgan fingerprint density at radius 2 is 1.94 bits per heavy atom. The van der Waals surface area contributed by atoms with Gasteiger partial charge in [-0.25, -0.2) is 4.98 Å². The second-order valence-corrected chi connectivity index (χ2v) is 8.23. The van der Waals surface area contributed by atoms with Crippen molar-refractivity contribution in [1.82, 2.24) is 19.7 Å². The maximum atomic E-state index is 13.0. The smallest absolute Gasteiger partial charge is 0.274 e. The quantitative estimate of drug-likeness (QED) is 0.664. The number of fused-ring (bicyclic) bond motifs is 1. The van der Waals surface area contributed by atoms with Gasteiger partial charge in [-0.05, 0) is 43.5 Å². The third-order valence-corrected chi connectivity index (χ3v) is 6.22. The summed E-state index contributed by atoms with van der Waals surface area (Å²) in [7, 11) is 0. The van der Waals surface area contributed by atoms with E-state index in [0.717, 1.165) is 42.3 Å². The molecular weight excluding hydrogens is 402 g/mol. The first-order valence-corrected chi connectivity index (χ1v) is 11.1. The molecule has 0 aliphatic carbocycles. The van der Waals surface area contributed by atoms with Crippen molar-refractivity contribution in [2.24, 2.45) is 4.99 Å². The summed E-state index contributed by atoms with van der Waals surface area (Å²) in [6, 6.07) is 16.0. The number of likely N-dealkylation sites (tertiary alicyclic amines) is 1. The van der Waals surface area contributed by atoms with Crippen molar-refractivity contribution < 1.29 is 4.79 Å². The Balaban J connectivity index is 1.37. The molecule has 0 unspecified atom stereocenters. The van der Waals surface area contributed by atoms with Gasteiger partial charge in [0.2, 0.25) is 0 Å². The highest BCUT2D eigenvalue weighted by Crippen LogP contribution is 2.36. The zero-order chi connectivity index (χ0) is 22.0. The van der Waals surface area contributed by atoms with Crippen LogP contribution in [0.4, 0.5) is 11.5 Å². The van der Waals surface area contributed by atoms with Gasteiger partial charge in [0, 0.05) is 32.0 Å². The molecule has 1 spiro atoms. The number of piperidine rings is 1. The molecule has 5 rings (SSSR count). The highest BCUT2D eigenvalue weighted by atomic mass is 16.2. The van der Waals surface area contributed by atoms with E-state index in [1.807, 2.05) is 48.4 Å². The summed E-state index contributed by atoms with van der Waals surface area (Å²) >= 11 is 0. The van der Waals surface area contributed by atoms with Gasteiger partial charge in [0.05, 0.1) is 17.8 Å². The lowest BCUT2D eigenvalue weighted by molar-refractivity contribution is 0.0698. The van der Waals surface area contributed by atoms with Gasteiger partial charge in [0.25, 0.3) is 5.91 Å². The number of amidine groups is 1. The van der Waals surface area contributed by atoms with Crippen LogP contribution in [0.25, 0.3) is 0 Å². The fraction of sp³-hybridized carbons (Fsp3) is 0.333. The zero-order valence-corrected chi connectivity index (χ0v) is 18.2. The molecule has 2 aliphatic rings. The molecule has 4 heterocycles. The molecule has 1 amide bonds. The number of hydrogen-bond donors (Lipinski definition) is 2. The largest absolute Gasteiger partial charge is 0.370 e. The van der Waals surface area contributed by atoms with E-state index < -0.39 is 0 Å². The summed E-state index contributed by atoms with van der Waals surface area (Å²) < 4.78 is 1.78. The van der Waals surface area contributed by atoms with Crippen LogP contribution in [0.3, 0.4) is 0 Å². The van der Waals surface area contributed by atoms with Crippen LogP contribution in [0, 0.1) is 0 Å². The van der Waals surface area contributed by atoms with E-state index in [2.05, 4.69) is 32.8 Å². The number of hydrogen-bond acceptors (Lipinski definition) is 5. The van der Waals surface area contributed by atoms with E-state index in [1.54, 1.807) is 16.9 Å². The molecule has 8 heteroatoms. The molecule has 2 aliphatic heterocycles. The summed E-state index contributed by atoms with van der Waals surface area (Å²) in [5, 5.41) is 11.6. The Bertz CT molecular complexity index is 1130. The molecule has 1 saturated heterocycles. The maximum Gasteiger partial charge on any atom is 0.274 e. The fourth-order valence-electron chi connectivity index (χ4n) is 4.37. The van der Waals surface area contributed by atoms with Crippen molar-refractivity contribution >= 4 is 23.2 Å².